The molecule has 4 rings (SSSR count). The van der Waals surface area contributed by atoms with Crippen LogP contribution >= 0.6 is 0 Å². The van der Waals surface area contributed by atoms with Crippen molar-refractivity contribution in [3.63, 3.8) is 0 Å². The summed E-state index contributed by atoms with van der Waals surface area (Å²) in [6.45, 7) is 4.15. The SMILES string of the molecule is CC1CN(c2cnc(C#N)c3ncccc23)CC(C(=O)NCC2(F)CCN(C)CC2)O1. The molecule has 2 fully saturated rings. The number of aromatic nitrogens is 2. The minimum Gasteiger partial charge on any atom is -0.364 e. The summed E-state index contributed by atoms with van der Waals surface area (Å²) in [4.78, 5) is 25.5. The Labute approximate surface area is 181 Å². The summed E-state index contributed by atoms with van der Waals surface area (Å²) in [7, 11) is 1.97. The lowest BCUT2D eigenvalue weighted by atomic mass is 9.93. The minimum atomic E-state index is -1.37. The largest absolute Gasteiger partial charge is 0.364 e. The van der Waals surface area contributed by atoms with Gasteiger partial charge in [0, 0.05) is 31.2 Å². The first-order valence-electron chi connectivity index (χ1n) is 10.6. The van der Waals surface area contributed by atoms with Crippen LogP contribution in [0.2, 0.25) is 0 Å². The number of likely N-dealkylation sites (tertiary alicyclic amines) is 1. The van der Waals surface area contributed by atoms with Crippen molar-refractivity contribution in [1.29, 1.82) is 5.26 Å². The normalized spacial score (nSPS) is 24.0. The maximum Gasteiger partial charge on any atom is 0.251 e. The van der Waals surface area contributed by atoms with Gasteiger partial charge in [0.05, 0.1) is 31.1 Å². The van der Waals surface area contributed by atoms with E-state index < -0.39 is 11.8 Å². The Morgan fingerprint density at radius 2 is 2.16 bits per heavy atom. The average Bonchev–Trinajstić information content (AvgIpc) is 2.78. The maximum absolute atomic E-state index is 15.0. The van der Waals surface area contributed by atoms with Gasteiger partial charge in [0.2, 0.25) is 0 Å². The van der Waals surface area contributed by atoms with Crippen LogP contribution in [-0.4, -0.2) is 78.4 Å². The predicted molar refractivity (Wildman–Crippen MR) is 114 cm³/mol. The number of rotatable bonds is 4. The summed E-state index contributed by atoms with van der Waals surface area (Å²) in [5.41, 5.74) is 0.221. The zero-order chi connectivity index (χ0) is 22.0. The molecule has 2 aromatic heterocycles. The van der Waals surface area contributed by atoms with Gasteiger partial charge < -0.3 is 19.9 Å². The third kappa shape index (κ3) is 4.60. The van der Waals surface area contributed by atoms with E-state index in [1.54, 1.807) is 12.4 Å². The molecule has 9 heteroatoms. The molecule has 2 saturated heterocycles. The van der Waals surface area contributed by atoms with Crippen LogP contribution in [0.15, 0.2) is 24.5 Å². The third-order valence-electron chi connectivity index (χ3n) is 6.09. The molecule has 4 heterocycles. The summed E-state index contributed by atoms with van der Waals surface area (Å²) in [6.07, 6.45) is 3.17. The van der Waals surface area contributed by atoms with Crippen molar-refractivity contribution in [3.8, 4) is 6.07 Å². The Balaban J connectivity index is 1.48. The van der Waals surface area contributed by atoms with Crippen LogP contribution in [0.25, 0.3) is 10.9 Å². The zero-order valence-electron chi connectivity index (χ0n) is 17.8. The van der Waals surface area contributed by atoms with Gasteiger partial charge in [-0.1, -0.05) is 0 Å². The average molecular weight is 426 g/mol. The first-order chi connectivity index (χ1) is 14.9. The van der Waals surface area contributed by atoms with Crippen LogP contribution in [-0.2, 0) is 9.53 Å². The number of ether oxygens (including phenoxy) is 1. The van der Waals surface area contributed by atoms with E-state index in [9.17, 15) is 10.1 Å². The Hall–Kier alpha value is -2.83. The Morgan fingerprint density at radius 3 is 2.90 bits per heavy atom. The van der Waals surface area contributed by atoms with E-state index in [0.29, 0.717) is 44.5 Å². The number of pyridine rings is 2. The molecule has 0 spiro atoms. The van der Waals surface area contributed by atoms with Gasteiger partial charge in [-0.05, 0) is 38.9 Å². The van der Waals surface area contributed by atoms with E-state index in [4.69, 9.17) is 4.74 Å². The molecule has 0 bridgehead atoms. The van der Waals surface area contributed by atoms with Crippen LogP contribution in [0.3, 0.4) is 0 Å². The molecule has 2 aliphatic heterocycles. The van der Waals surface area contributed by atoms with Crippen molar-refractivity contribution < 1.29 is 13.9 Å². The fraction of sp³-hybridized carbons (Fsp3) is 0.545. The maximum atomic E-state index is 15.0. The smallest absolute Gasteiger partial charge is 0.251 e. The molecule has 0 aliphatic carbocycles. The third-order valence-corrected chi connectivity index (χ3v) is 6.09. The fourth-order valence-electron chi connectivity index (χ4n) is 4.24. The van der Waals surface area contributed by atoms with Gasteiger partial charge in [-0.3, -0.25) is 9.78 Å². The van der Waals surface area contributed by atoms with Gasteiger partial charge in [0.1, 0.15) is 17.3 Å². The Morgan fingerprint density at radius 1 is 1.39 bits per heavy atom. The first kappa shape index (κ1) is 21.4. The van der Waals surface area contributed by atoms with E-state index in [1.165, 1.54) is 0 Å². The minimum absolute atomic E-state index is 0.000807. The molecule has 31 heavy (non-hydrogen) atoms. The van der Waals surface area contributed by atoms with Crippen LogP contribution in [0, 0.1) is 11.3 Å². The molecule has 2 aliphatic rings. The van der Waals surface area contributed by atoms with Crippen molar-refractivity contribution in [2.45, 2.75) is 37.6 Å². The molecular weight excluding hydrogens is 399 g/mol. The summed E-state index contributed by atoms with van der Waals surface area (Å²) < 4.78 is 20.9. The van der Waals surface area contributed by atoms with Crippen molar-refractivity contribution in [2.75, 3.05) is 44.7 Å². The number of amides is 1. The van der Waals surface area contributed by atoms with E-state index in [1.807, 2.05) is 31.0 Å². The molecule has 2 aromatic rings. The molecule has 8 nitrogen and oxygen atoms in total. The van der Waals surface area contributed by atoms with Crippen LogP contribution in [0.4, 0.5) is 10.1 Å². The van der Waals surface area contributed by atoms with Gasteiger partial charge in [-0.15, -0.1) is 0 Å². The fourth-order valence-corrected chi connectivity index (χ4v) is 4.24. The predicted octanol–water partition coefficient (Wildman–Crippen LogP) is 1.65. The van der Waals surface area contributed by atoms with Crippen LogP contribution in [0.5, 0.6) is 0 Å². The number of nitrogens with zero attached hydrogens (tertiary/aromatic N) is 5. The quantitative estimate of drug-likeness (QED) is 0.794. The lowest BCUT2D eigenvalue weighted by molar-refractivity contribution is -0.138. The number of alkyl halides is 1. The molecule has 0 aromatic carbocycles. The van der Waals surface area contributed by atoms with Crippen LogP contribution < -0.4 is 10.2 Å². The molecule has 1 amide bonds. The molecule has 2 unspecified atom stereocenters. The highest BCUT2D eigenvalue weighted by Crippen LogP contribution is 2.29. The number of nitriles is 1. The number of hydrogen-bond donors (Lipinski definition) is 1. The van der Waals surface area contributed by atoms with Crippen molar-refractivity contribution >= 4 is 22.5 Å². The van der Waals surface area contributed by atoms with E-state index in [0.717, 1.165) is 11.1 Å². The van der Waals surface area contributed by atoms with Gasteiger partial charge in [-0.2, -0.15) is 5.26 Å². The molecular formula is C22H27FN6O2. The molecule has 1 N–H and O–H groups in total. The van der Waals surface area contributed by atoms with E-state index >= 15 is 4.39 Å². The van der Waals surface area contributed by atoms with Gasteiger partial charge in [0.15, 0.2) is 11.8 Å². The number of fused-ring (bicyclic) bond motifs is 1. The Kier molecular flexibility index (Phi) is 6.03. The number of piperidine rings is 1. The van der Waals surface area contributed by atoms with Crippen LogP contribution in [0.1, 0.15) is 25.5 Å². The summed E-state index contributed by atoms with van der Waals surface area (Å²) in [5, 5.41) is 12.9. The number of carbonyl (C=O) groups excluding carboxylic acids is 1. The molecule has 2 atom stereocenters. The van der Waals surface area contributed by atoms with Gasteiger partial charge >= 0.3 is 0 Å². The monoisotopic (exact) mass is 426 g/mol. The molecule has 164 valence electrons. The second-order valence-corrected chi connectivity index (χ2v) is 8.52. The highest BCUT2D eigenvalue weighted by atomic mass is 19.1. The van der Waals surface area contributed by atoms with Crippen molar-refractivity contribution in [3.05, 3.63) is 30.2 Å². The standard InChI is InChI=1S/C22H27FN6O2/c1-15-12-29(18-11-26-17(10-24)20-16(18)4-3-7-25-20)13-19(31-15)21(30)27-14-22(23)5-8-28(2)9-6-22/h3-4,7,11,15,19H,5-6,8-9,12-14H2,1-2H3,(H,27,30). The van der Waals surface area contributed by atoms with E-state index in [-0.39, 0.29) is 24.2 Å². The molecule has 0 radical (unpaired) electrons. The number of morpholine rings is 1. The highest BCUT2D eigenvalue weighted by molar-refractivity contribution is 5.94. The lowest BCUT2D eigenvalue weighted by Gasteiger charge is -2.38. The van der Waals surface area contributed by atoms with E-state index in [2.05, 4.69) is 26.3 Å². The van der Waals surface area contributed by atoms with Gasteiger partial charge in [-0.25, -0.2) is 9.37 Å². The van der Waals surface area contributed by atoms with Gasteiger partial charge in [0.25, 0.3) is 5.91 Å². The Bertz CT molecular complexity index is 1000. The molecule has 0 saturated carbocycles. The first-order valence-corrected chi connectivity index (χ1v) is 10.6. The summed E-state index contributed by atoms with van der Waals surface area (Å²) in [6, 6.07) is 5.77. The number of halogens is 1. The summed E-state index contributed by atoms with van der Waals surface area (Å²) in [5.74, 6) is -0.309. The number of hydrogen-bond acceptors (Lipinski definition) is 7. The number of anilines is 1. The highest BCUT2D eigenvalue weighted by Gasteiger charge is 2.36. The van der Waals surface area contributed by atoms with Crippen molar-refractivity contribution in [1.82, 2.24) is 20.2 Å². The number of nitrogens with one attached hydrogen (secondary N) is 1. The zero-order valence-corrected chi connectivity index (χ0v) is 17.8. The summed E-state index contributed by atoms with van der Waals surface area (Å²) >= 11 is 0. The topological polar surface area (TPSA) is 94.4 Å². The van der Waals surface area contributed by atoms with Crippen molar-refractivity contribution in [2.24, 2.45) is 0 Å². The number of carbonyl (C=O) groups is 1. The second kappa shape index (κ2) is 8.73. The lowest BCUT2D eigenvalue weighted by Crippen LogP contribution is -2.55. The second-order valence-electron chi connectivity index (χ2n) is 8.52.